The first-order valence-corrected chi connectivity index (χ1v) is 4.46. The van der Waals surface area contributed by atoms with Gasteiger partial charge in [-0.3, -0.25) is 9.78 Å². The van der Waals surface area contributed by atoms with Crippen LogP contribution in [-0.2, 0) is 4.79 Å². The van der Waals surface area contributed by atoms with Crippen molar-refractivity contribution in [3.05, 3.63) is 30.1 Å². The Balaban J connectivity index is 2.87. The average Bonchev–Trinajstić information content (AvgIpc) is 2.20. The van der Waals surface area contributed by atoms with Crippen LogP contribution in [-0.4, -0.2) is 23.1 Å². The summed E-state index contributed by atoms with van der Waals surface area (Å²) in [6, 6.07) is 3.48. The van der Waals surface area contributed by atoms with E-state index in [1.165, 1.54) is 0 Å². The minimum atomic E-state index is -0.812. The smallest absolute Gasteiger partial charge is 0.308 e. The van der Waals surface area contributed by atoms with Crippen LogP contribution in [0, 0.1) is 5.92 Å². The number of rotatable bonds is 4. The third-order valence-electron chi connectivity index (χ3n) is 2.24. The molecule has 4 heteroatoms. The Bertz CT molecular complexity index is 300. The molecule has 76 valence electrons. The van der Waals surface area contributed by atoms with Gasteiger partial charge in [-0.15, -0.1) is 0 Å². The van der Waals surface area contributed by atoms with E-state index in [0.29, 0.717) is 0 Å². The zero-order valence-corrected chi connectivity index (χ0v) is 8.27. The molecule has 1 aromatic rings. The Morgan fingerprint density at radius 1 is 1.64 bits per heavy atom. The van der Waals surface area contributed by atoms with Gasteiger partial charge >= 0.3 is 5.97 Å². The fourth-order valence-corrected chi connectivity index (χ4v) is 1.41. The van der Waals surface area contributed by atoms with Crippen molar-refractivity contribution < 1.29 is 9.90 Å². The lowest BCUT2D eigenvalue weighted by Gasteiger charge is -2.19. The normalized spacial score (nSPS) is 14.7. The van der Waals surface area contributed by atoms with Gasteiger partial charge in [-0.1, -0.05) is 13.0 Å². The van der Waals surface area contributed by atoms with Crippen molar-refractivity contribution in [1.29, 1.82) is 0 Å². The van der Waals surface area contributed by atoms with E-state index in [4.69, 9.17) is 5.11 Å². The second kappa shape index (κ2) is 4.72. The van der Waals surface area contributed by atoms with Crippen LogP contribution in [0.15, 0.2) is 24.5 Å². The standard InChI is InChI=1S/C10H14N2O2/c1-7(10(13)14)9(11-2)8-4-3-5-12-6-8/h3-7,9,11H,1-2H3,(H,13,14). The molecule has 0 aliphatic heterocycles. The summed E-state index contributed by atoms with van der Waals surface area (Å²) in [6.07, 6.45) is 3.35. The maximum absolute atomic E-state index is 10.8. The highest BCUT2D eigenvalue weighted by Gasteiger charge is 2.23. The maximum atomic E-state index is 10.8. The predicted octanol–water partition coefficient (Wildman–Crippen LogP) is 1.06. The zero-order chi connectivity index (χ0) is 10.6. The number of hydrogen-bond donors (Lipinski definition) is 2. The number of hydrogen-bond acceptors (Lipinski definition) is 3. The molecule has 2 atom stereocenters. The number of nitrogens with zero attached hydrogens (tertiary/aromatic N) is 1. The Hall–Kier alpha value is -1.42. The third kappa shape index (κ3) is 2.29. The first kappa shape index (κ1) is 10.7. The van der Waals surface area contributed by atoms with E-state index >= 15 is 0 Å². The van der Waals surface area contributed by atoms with Gasteiger partial charge < -0.3 is 10.4 Å². The molecular weight excluding hydrogens is 180 g/mol. The summed E-state index contributed by atoms with van der Waals surface area (Å²) in [4.78, 5) is 14.8. The first-order valence-electron chi connectivity index (χ1n) is 4.46. The number of aromatic nitrogens is 1. The van der Waals surface area contributed by atoms with Crippen LogP contribution in [0.2, 0.25) is 0 Å². The molecule has 0 spiro atoms. The molecule has 2 unspecified atom stereocenters. The third-order valence-corrected chi connectivity index (χ3v) is 2.24. The van der Waals surface area contributed by atoms with Gasteiger partial charge in [-0.25, -0.2) is 0 Å². The Kier molecular flexibility index (Phi) is 3.59. The number of carboxylic acids is 1. The van der Waals surface area contributed by atoms with E-state index in [1.54, 1.807) is 32.4 Å². The monoisotopic (exact) mass is 194 g/mol. The van der Waals surface area contributed by atoms with Gasteiger partial charge in [0.15, 0.2) is 0 Å². The molecule has 2 N–H and O–H groups in total. The summed E-state index contributed by atoms with van der Waals surface area (Å²) in [5, 5.41) is 11.9. The molecular formula is C10H14N2O2. The topological polar surface area (TPSA) is 62.2 Å². The molecule has 0 aromatic carbocycles. The second-order valence-corrected chi connectivity index (χ2v) is 3.18. The highest BCUT2D eigenvalue weighted by molar-refractivity contribution is 5.70. The largest absolute Gasteiger partial charge is 0.481 e. The van der Waals surface area contributed by atoms with Gasteiger partial charge in [0.1, 0.15) is 0 Å². The van der Waals surface area contributed by atoms with Crippen molar-refractivity contribution in [2.45, 2.75) is 13.0 Å². The molecule has 1 rings (SSSR count). The summed E-state index contributed by atoms with van der Waals surface area (Å²) < 4.78 is 0. The van der Waals surface area contributed by atoms with Gasteiger partial charge in [0.05, 0.1) is 5.92 Å². The highest BCUT2D eigenvalue weighted by Crippen LogP contribution is 2.20. The summed E-state index contributed by atoms with van der Waals surface area (Å²) in [7, 11) is 1.75. The van der Waals surface area contributed by atoms with Gasteiger partial charge in [0, 0.05) is 18.4 Å². The zero-order valence-electron chi connectivity index (χ0n) is 8.27. The van der Waals surface area contributed by atoms with Crippen molar-refractivity contribution in [1.82, 2.24) is 10.3 Å². The fraction of sp³-hybridized carbons (Fsp3) is 0.400. The number of carbonyl (C=O) groups is 1. The first-order chi connectivity index (χ1) is 6.66. The SMILES string of the molecule is CNC(c1cccnc1)C(C)C(=O)O. The van der Waals surface area contributed by atoms with Crippen molar-refractivity contribution >= 4 is 5.97 Å². The lowest BCUT2D eigenvalue weighted by molar-refractivity contribution is -0.142. The van der Waals surface area contributed by atoms with Gasteiger partial charge in [0.2, 0.25) is 0 Å². The van der Waals surface area contributed by atoms with Crippen molar-refractivity contribution in [2.75, 3.05) is 7.05 Å². The molecule has 0 fully saturated rings. The molecule has 14 heavy (non-hydrogen) atoms. The van der Waals surface area contributed by atoms with Gasteiger partial charge in [0.25, 0.3) is 0 Å². The molecule has 0 saturated heterocycles. The average molecular weight is 194 g/mol. The molecule has 0 aliphatic rings. The molecule has 0 saturated carbocycles. The molecule has 1 aromatic heterocycles. The minimum Gasteiger partial charge on any atom is -0.481 e. The lowest BCUT2D eigenvalue weighted by atomic mass is 9.96. The lowest BCUT2D eigenvalue weighted by Crippen LogP contribution is -2.28. The fourth-order valence-electron chi connectivity index (χ4n) is 1.41. The van der Waals surface area contributed by atoms with E-state index in [2.05, 4.69) is 10.3 Å². The van der Waals surface area contributed by atoms with Crippen molar-refractivity contribution in [3.8, 4) is 0 Å². The van der Waals surface area contributed by atoms with Crippen LogP contribution >= 0.6 is 0 Å². The number of carboxylic acid groups (broad SMARTS) is 1. The Labute approximate surface area is 83.0 Å². The van der Waals surface area contributed by atoms with E-state index in [0.717, 1.165) is 5.56 Å². The molecule has 0 bridgehead atoms. The van der Waals surface area contributed by atoms with E-state index in [1.807, 2.05) is 6.07 Å². The van der Waals surface area contributed by atoms with Crippen molar-refractivity contribution in [2.24, 2.45) is 5.92 Å². The van der Waals surface area contributed by atoms with Crippen LogP contribution in [0.25, 0.3) is 0 Å². The summed E-state index contributed by atoms with van der Waals surface area (Å²) in [5.41, 5.74) is 0.893. The van der Waals surface area contributed by atoms with E-state index in [-0.39, 0.29) is 6.04 Å². The highest BCUT2D eigenvalue weighted by atomic mass is 16.4. The second-order valence-electron chi connectivity index (χ2n) is 3.18. The summed E-state index contributed by atoms with van der Waals surface area (Å²) in [6.45, 7) is 1.68. The molecule has 1 heterocycles. The summed E-state index contributed by atoms with van der Waals surface area (Å²) in [5.74, 6) is -1.28. The van der Waals surface area contributed by atoms with Gasteiger partial charge in [-0.2, -0.15) is 0 Å². The van der Waals surface area contributed by atoms with Crippen LogP contribution in [0.4, 0.5) is 0 Å². The van der Waals surface area contributed by atoms with Crippen LogP contribution in [0.1, 0.15) is 18.5 Å². The quantitative estimate of drug-likeness (QED) is 0.752. The minimum absolute atomic E-state index is 0.193. The van der Waals surface area contributed by atoms with Crippen LogP contribution in [0.3, 0.4) is 0 Å². The Morgan fingerprint density at radius 3 is 2.79 bits per heavy atom. The predicted molar refractivity (Wildman–Crippen MR) is 52.8 cm³/mol. The van der Waals surface area contributed by atoms with E-state index < -0.39 is 11.9 Å². The molecule has 0 radical (unpaired) electrons. The number of pyridine rings is 1. The van der Waals surface area contributed by atoms with Gasteiger partial charge in [-0.05, 0) is 18.7 Å². The maximum Gasteiger partial charge on any atom is 0.308 e. The Morgan fingerprint density at radius 2 is 2.36 bits per heavy atom. The molecule has 0 amide bonds. The van der Waals surface area contributed by atoms with Crippen molar-refractivity contribution in [3.63, 3.8) is 0 Å². The number of nitrogens with one attached hydrogen (secondary N) is 1. The molecule has 4 nitrogen and oxygen atoms in total. The van der Waals surface area contributed by atoms with E-state index in [9.17, 15) is 4.79 Å². The molecule has 0 aliphatic carbocycles. The van der Waals surface area contributed by atoms with Crippen LogP contribution in [0.5, 0.6) is 0 Å². The van der Waals surface area contributed by atoms with Crippen LogP contribution < -0.4 is 5.32 Å². The number of aliphatic carboxylic acids is 1. The summed E-state index contributed by atoms with van der Waals surface area (Å²) >= 11 is 0.